The first kappa shape index (κ1) is 13.8. The van der Waals surface area contributed by atoms with Crippen LogP contribution in [0, 0.1) is 13.8 Å². The normalized spacial score (nSPS) is 12.4. The fourth-order valence-electron chi connectivity index (χ4n) is 1.79. The number of hydrogen-bond donors (Lipinski definition) is 1. The van der Waals surface area contributed by atoms with E-state index in [1.807, 2.05) is 19.1 Å². The molecule has 0 bridgehead atoms. The molecule has 0 unspecified atom stereocenters. The highest BCUT2D eigenvalue weighted by Crippen LogP contribution is 2.22. The van der Waals surface area contributed by atoms with Crippen molar-refractivity contribution in [1.82, 2.24) is 9.97 Å². The summed E-state index contributed by atoms with van der Waals surface area (Å²) in [5, 5.41) is 3.64. The summed E-state index contributed by atoms with van der Waals surface area (Å²) in [6, 6.07) is 5.39. The third-order valence-corrected chi connectivity index (χ3v) is 2.76. The standard InChI is InChI=1S/C13H16ClN3O2/c1-8-4-5-11(19-8)10(7-18-3)17-13-6-12(14)15-9(2)16-13/h4-6,10H,7H2,1-3H3,(H,15,16,17)/t10-/m0/s1. The fourth-order valence-corrected chi connectivity index (χ4v) is 2.01. The number of ether oxygens (including phenoxy) is 1. The van der Waals surface area contributed by atoms with Gasteiger partial charge < -0.3 is 14.5 Å². The maximum Gasteiger partial charge on any atom is 0.134 e. The first-order chi connectivity index (χ1) is 9.08. The van der Waals surface area contributed by atoms with Crippen LogP contribution in [0.4, 0.5) is 5.82 Å². The van der Waals surface area contributed by atoms with Crippen LogP contribution in [-0.2, 0) is 4.74 Å². The van der Waals surface area contributed by atoms with E-state index in [0.717, 1.165) is 11.5 Å². The molecule has 0 aliphatic carbocycles. The van der Waals surface area contributed by atoms with Gasteiger partial charge in [0.25, 0.3) is 0 Å². The number of anilines is 1. The van der Waals surface area contributed by atoms with Crippen LogP contribution in [0.3, 0.4) is 0 Å². The molecule has 0 aliphatic heterocycles. The second-order valence-electron chi connectivity index (χ2n) is 4.22. The molecule has 0 amide bonds. The van der Waals surface area contributed by atoms with Crippen molar-refractivity contribution < 1.29 is 9.15 Å². The predicted molar refractivity (Wildman–Crippen MR) is 73.5 cm³/mol. The van der Waals surface area contributed by atoms with Gasteiger partial charge in [-0.3, -0.25) is 0 Å². The molecule has 0 radical (unpaired) electrons. The van der Waals surface area contributed by atoms with Crippen molar-refractivity contribution in [2.45, 2.75) is 19.9 Å². The van der Waals surface area contributed by atoms with E-state index in [-0.39, 0.29) is 6.04 Å². The van der Waals surface area contributed by atoms with Crippen molar-refractivity contribution in [1.29, 1.82) is 0 Å². The van der Waals surface area contributed by atoms with Gasteiger partial charge in [0, 0.05) is 13.2 Å². The first-order valence-corrected chi connectivity index (χ1v) is 6.29. The van der Waals surface area contributed by atoms with Gasteiger partial charge in [0.05, 0.1) is 6.61 Å². The molecule has 1 N–H and O–H groups in total. The Morgan fingerprint density at radius 1 is 1.37 bits per heavy atom. The summed E-state index contributed by atoms with van der Waals surface area (Å²) in [6.45, 7) is 4.16. The lowest BCUT2D eigenvalue weighted by Gasteiger charge is -2.16. The topological polar surface area (TPSA) is 60.2 Å². The van der Waals surface area contributed by atoms with E-state index in [1.54, 1.807) is 20.1 Å². The molecule has 1 atom stereocenters. The molecule has 19 heavy (non-hydrogen) atoms. The van der Waals surface area contributed by atoms with Crippen LogP contribution in [0.2, 0.25) is 5.15 Å². The maximum absolute atomic E-state index is 5.91. The highest BCUT2D eigenvalue weighted by molar-refractivity contribution is 6.29. The van der Waals surface area contributed by atoms with Crippen molar-refractivity contribution in [3.8, 4) is 0 Å². The Morgan fingerprint density at radius 2 is 2.16 bits per heavy atom. The fraction of sp³-hybridized carbons (Fsp3) is 0.385. The van der Waals surface area contributed by atoms with Crippen LogP contribution in [-0.4, -0.2) is 23.7 Å². The van der Waals surface area contributed by atoms with Gasteiger partial charge in [-0.15, -0.1) is 0 Å². The number of nitrogens with zero attached hydrogens (tertiary/aromatic N) is 2. The molecule has 2 heterocycles. The van der Waals surface area contributed by atoms with Crippen LogP contribution in [0.1, 0.15) is 23.4 Å². The average molecular weight is 282 g/mol. The van der Waals surface area contributed by atoms with Crippen molar-refractivity contribution in [3.63, 3.8) is 0 Å². The Balaban J connectivity index is 2.20. The Morgan fingerprint density at radius 3 is 2.74 bits per heavy atom. The van der Waals surface area contributed by atoms with E-state index in [1.165, 1.54) is 0 Å². The molecule has 5 nitrogen and oxygen atoms in total. The third-order valence-electron chi connectivity index (χ3n) is 2.57. The Hall–Kier alpha value is -1.59. The Labute approximate surface area is 117 Å². The number of furan rings is 1. The van der Waals surface area contributed by atoms with E-state index < -0.39 is 0 Å². The van der Waals surface area contributed by atoms with Crippen LogP contribution < -0.4 is 5.32 Å². The van der Waals surface area contributed by atoms with E-state index in [9.17, 15) is 0 Å². The number of methoxy groups -OCH3 is 1. The van der Waals surface area contributed by atoms with Gasteiger partial charge in [-0.25, -0.2) is 9.97 Å². The van der Waals surface area contributed by atoms with Crippen molar-refractivity contribution in [2.75, 3.05) is 19.0 Å². The average Bonchev–Trinajstić information content (AvgIpc) is 2.74. The lowest BCUT2D eigenvalue weighted by atomic mass is 10.2. The quantitative estimate of drug-likeness (QED) is 0.853. The zero-order valence-electron chi connectivity index (χ0n) is 11.1. The molecular weight excluding hydrogens is 266 g/mol. The molecular formula is C13H16ClN3O2. The van der Waals surface area contributed by atoms with Crippen molar-refractivity contribution in [3.05, 3.63) is 40.7 Å². The maximum atomic E-state index is 5.91. The summed E-state index contributed by atoms with van der Waals surface area (Å²) in [5.74, 6) is 2.91. The highest BCUT2D eigenvalue weighted by Gasteiger charge is 2.16. The summed E-state index contributed by atoms with van der Waals surface area (Å²) in [6.07, 6.45) is 0. The van der Waals surface area contributed by atoms with Gasteiger partial charge in [0.1, 0.15) is 34.4 Å². The van der Waals surface area contributed by atoms with Gasteiger partial charge in [0.15, 0.2) is 0 Å². The highest BCUT2D eigenvalue weighted by atomic mass is 35.5. The lowest BCUT2D eigenvalue weighted by Crippen LogP contribution is -2.16. The summed E-state index contributed by atoms with van der Waals surface area (Å²) in [5.41, 5.74) is 0. The summed E-state index contributed by atoms with van der Waals surface area (Å²) < 4.78 is 10.8. The van der Waals surface area contributed by atoms with E-state index >= 15 is 0 Å². The van der Waals surface area contributed by atoms with Gasteiger partial charge in [-0.2, -0.15) is 0 Å². The number of halogens is 1. The van der Waals surface area contributed by atoms with Crippen LogP contribution in [0.15, 0.2) is 22.6 Å². The van der Waals surface area contributed by atoms with E-state index in [4.69, 9.17) is 20.8 Å². The van der Waals surface area contributed by atoms with Crippen molar-refractivity contribution >= 4 is 17.4 Å². The number of nitrogens with one attached hydrogen (secondary N) is 1. The first-order valence-electron chi connectivity index (χ1n) is 5.91. The summed E-state index contributed by atoms with van der Waals surface area (Å²) in [4.78, 5) is 8.31. The number of aromatic nitrogens is 2. The Kier molecular flexibility index (Phi) is 4.39. The molecule has 0 saturated heterocycles. The lowest BCUT2D eigenvalue weighted by molar-refractivity contribution is 0.178. The summed E-state index contributed by atoms with van der Waals surface area (Å²) in [7, 11) is 1.64. The predicted octanol–water partition coefficient (Wildman–Crippen LogP) is 3.14. The molecule has 2 aromatic rings. The minimum absolute atomic E-state index is 0.121. The second-order valence-corrected chi connectivity index (χ2v) is 4.61. The van der Waals surface area contributed by atoms with E-state index in [2.05, 4.69) is 15.3 Å². The molecule has 0 aliphatic rings. The van der Waals surface area contributed by atoms with Gasteiger partial charge in [-0.1, -0.05) is 11.6 Å². The molecule has 102 valence electrons. The minimum Gasteiger partial charge on any atom is -0.464 e. The zero-order valence-corrected chi connectivity index (χ0v) is 11.9. The minimum atomic E-state index is -0.121. The SMILES string of the molecule is COC[C@H](Nc1cc(Cl)nc(C)n1)c1ccc(C)o1. The van der Waals surface area contributed by atoms with Crippen LogP contribution >= 0.6 is 11.6 Å². The molecule has 0 aromatic carbocycles. The van der Waals surface area contributed by atoms with Gasteiger partial charge in [0.2, 0.25) is 0 Å². The Bertz CT molecular complexity index is 536. The largest absolute Gasteiger partial charge is 0.464 e. The molecule has 0 spiro atoms. The van der Waals surface area contributed by atoms with E-state index in [0.29, 0.717) is 23.4 Å². The molecule has 2 rings (SSSR count). The van der Waals surface area contributed by atoms with Crippen LogP contribution in [0.25, 0.3) is 0 Å². The number of rotatable bonds is 5. The summed E-state index contributed by atoms with van der Waals surface area (Å²) >= 11 is 5.91. The van der Waals surface area contributed by atoms with Crippen LogP contribution in [0.5, 0.6) is 0 Å². The molecule has 0 saturated carbocycles. The monoisotopic (exact) mass is 281 g/mol. The zero-order chi connectivity index (χ0) is 13.8. The smallest absolute Gasteiger partial charge is 0.134 e. The second kappa shape index (κ2) is 6.04. The molecule has 2 aromatic heterocycles. The van der Waals surface area contributed by atoms with Crippen molar-refractivity contribution in [2.24, 2.45) is 0 Å². The van der Waals surface area contributed by atoms with Gasteiger partial charge in [-0.05, 0) is 26.0 Å². The number of aryl methyl sites for hydroxylation is 2. The van der Waals surface area contributed by atoms with Gasteiger partial charge >= 0.3 is 0 Å². The molecule has 0 fully saturated rings. The number of hydrogen-bond acceptors (Lipinski definition) is 5. The molecule has 6 heteroatoms. The third kappa shape index (κ3) is 3.68.